The molecule has 0 aromatic heterocycles. The van der Waals surface area contributed by atoms with E-state index in [2.05, 4.69) is 24.2 Å². The lowest BCUT2D eigenvalue weighted by Gasteiger charge is -2.35. The van der Waals surface area contributed by atoms with Gasteiger partial charge in [0.05, 0.1) is 0 Å². The lowest BCUT2D eigenvalue weighted by Crippen LogP contribution is -2.43. The maximum absolute atomic E-state index is 3.33. The fraction of sp³-hybridized carbons (Fsp3) is 1.00. The summed E-state index contributed by atoms with van der Waals surface area (Å²) in [5, 5.41) is 3.33. The molecule has 2 nitrogen and oxygen atoms in total. The summed E-state index contributed by atoms with van der Waals surface area (Å²) in [6, 6.07) is 1.63. The van der Waals surface area contributed by atoms with Gasteiger partial charge in [0.2, 0.25) is 0 Å². The molecule has 0 radical (unpaired) electrons. The Balaban J connectivity index is 1.79. The zero-order valence-corrected chi connectivity index (χ0v) is 10.3. The SMILES string of the molecule is CNCC1CCCN1C(C)CC1CCC1. The average Bonchev–Trinajstić information content (AvgIpc) is 2.60. The zero-order valence-electron chi connectivity index (χ0n) is 10.3. The minimum atomic E-state index is 0.810. The fourth-order valence-electron chi connectivity index (χ4n) is 3.24. The van der Waals surface area contributed by atoms with Crippen LogP contribution in [0.3, 0.4) is 0 Å². The summed E-state index contributed by atoms with van der Waals surface area (Å²) in [4.78, 5) is 2.74. The van der Waals surface area contributed by atoms with Crippen molar-refractivity contribution < 1.29 is 0 Å². The maximum Gasteiger partial charge on any atom is 0.0223 e. The van der Waals surface area contributed by atoms with Crippen LogP contribution in [0.4, 0.5) is 0 Å². The summed E-state index contributed by atoms with van der Waals surface area (Å²) in [7, 11) is 2.08. The first-order valence-corrected chi connectivity index (χ1v) is 6.71. The first-order valence-electron chi connectivity index (χ1n) is 6.71. The van der Waals surface area contributed by atoms with Gasteiger partial charge in [-0.2, -0.15) is 0 Å². The Bertz CT molecular complexity index is 189. The van der Waals surface area contributed by atoms with Crippen molar-refractivity contribution in [3.8, 4) is 0 Å². The molecule has 1 saturated heterocycles. The largest absolute Gasteiger partial charge is 0.318 e. The third kappa shape index (κ3) is 2.73. The monoisotopic (exact) mass is 210 g/mol. The summed E-state index contributed by atoms with van der Waals surface area (Å²) < 4.78 is 0. The fourth-order valence-corrected chi connectivity index (χ4v) is 3.24. The van der Waals surface area contributed by atoms with Gasteiger partial charge in [0.15, 0.2) is 0 Å². The Morgan fingerprint density at radius 3 is 2.67 bits per heavy atom. The Kier molecular flexibility index (Phi) is 4.04. The van der Waals surface area contributed by atoms with Crippen molar-refractivity contribution in [3.05, 3.63) is 0 Å². The smallest absolute Gasteiger partial charge is 0.0223 e. The predicted molar refractivity (Wildman–Crippen MR) is 65.1 cm³/mol. The second kappa shape index (κ2) is 5.31. The summed E-state index contributed by atoms with van der Waals surface area (Å²) >= 11 is 0. The van der Waals surface area contributed by atoms with Gasteiger partial charge in [0, 0.05) is 18.6 Å². The molecular weight excluding hydrogens is 184 g/mol. The van der Waals surface area contributed by atoms with Gasteiger partial charge in [0.25, 0.3) is 0 Å². The van der Waals surface area contributed by atoms with Crippen LogP contribution in [0.5, 0.6) is 0 Å². The number of hydrogen-bond donors (Lipinski definition) is 1. The molecule has 1 aliphatic heterocycles. The second-order valence-electron chi connectivity index (χ2n) is 5.47. The maximum atomic E-state index is 3.33. The van der Waals surface area contributed by atoms with Gasteiger partial charge in [-0.3, -0.25) is 4.90 Å². The molecule has 0 bridgehead atoms. The molecule has 1 N–H and O–H groups in total. The number of hydrogen-bond acceptors (Lipinski definition) is 2. The molecule has 2 heteroatoms. The Hall–Kier alpha value is -0.0800. The van der Waals surface area contributed by atoms with Gasteiger partial charge in [-0.25, -0.2) is 0 Å². The van der Waals surface area contributed by atoms with E-state index in [4.69, 9.17) is 0 Å². The Morgan fingerprint density at radius 2 is 2.07 bits per heavy atom. The van der Waals surface area contributed by atoms with Gasteiger partial charge >= 0.3 is 0 Å². The first-order chi connectivity index (χ1) is 7.31. The summed E-state index contributed by atoms with van der Waals surface area (Å²) in [5.74, 6) is 1.05. The van der Waals surface area contributed by atoms with Crippen LogP contribution in [0.15, 0.2) is 0 Å². The molecular formula is C13H26N2. The third-order valence-corrected chi connectivity index (χ3v) is 4.33. The number of nitrogens with zero attached hydrogens (tertiary/aromatic N) is 1. The summed E-state index contributed by atoms with van der Waals surface area (Å²) in [6.07, 6.45) is 8.72. The molecule has 0 aromatic rings. The molecule has 0 aromatic carbocycles. The molecule has 2 rings (SSSR count). The average molecular weight is 210 g/mol. The molecule has 1 heterocycles. The van der Waals surface area contributed by atoms with Gasteiger partial charge in [-0.05, 0) is 45.7 Å². The van der Waals surface area contributed by atoms with Crippen molar-refractivity contribution in [2.45, 2.75) is 57.5 Å². The van der Waals surface area contributed by atoms with Gasteiger partial charge < -0.3 is 5.32 Å². The highest BCUT2D eigenvalue weighted by Gasteiger charge is 2.30. The third-order valence-electron chi connectivity index (χ3n) is 4.33. The van der Waals surface area contributed by atoms with Gasteiger partial charge in [-0.1, -0.05) is 19.3 Å². The van der Waals surface area contributed by atoms with Crippen LogP contribution < -0.4 is 5.32 Å². The standard InChI is InChI=1S/C13H26N2/c1-11(9-12-5-3-6-12)15-8-4-7-13(15)10-14-2/h11-14H,3-10H2,1-2H3. The molecule has 2 fully saturated rings. The van der Waals surface area contributed by atoms with Crippen molar-refractivity contribution in [2.75, 3.05) is 20.1 Å². The number of likely N-dealkylation sites (N-methyl/N-ethyl adjacent to an activating group) is 1. The van der Waals surface area contributed by atoms with E-state index in [1.165, 1.54) is 51.6 Å². The molecule has 0 spiro atoms. The second-order valence-corrected chi connectivity index (χ2v) is 5.47. The van der Waals surface area contributed by atoms with Crippen LogP contribution in [0.2, 0.25) is 0 Å². The number of rotatable bonds is 5. The van der Waals surface area contributed by atoms with Crippen LogP contribution in [-0.4, -0.2) is 37.1 Å². The van der Waals surface area contributed by atoms with E-state index >= 15 is 0 Å². The van der Waals surface area contributed by atoms with Gasteiger partial charge in [0.1, 0.15) is 0 Å². The van der Waals surface area contributed by atoms with Crippen molar-refractivity contribution in [2.24, 2.45) is 5.92 Å². The van der Waals surface area contributed by atoms with E-state index in [9.17, 15) is 0 Å². The van der Waals surface area contributed by atoms with Crippen LogP contribution in [0, 0.1) is 5.92 Å². The number of nitrogens with one attached hydrogen (secondary N) is 1. The Labute approximate surface area is 94.4 Å². The predicted octanol–water partition coefficient (Wildman–Crippen LogP) is 2.25. The van der Waals surface area contributed by atoms with Crippen molar-refractivity contribution in [1.82, 2.24) is 10.2 Å². The van der Waals surface area contributed by atoms with Crippen LogP contribution in [0.1, 0.15) is 45.4 Å². The molecule has 88 valence electrons. The van der Waals surface area contributed by atoms with Crippen molar-refractivity contribution >= 4 is 0 Å². The van der Waals surface area contributed by atoms with E-state index < -0.39 is 0 Å². The molecule has 1 aliphatic carbocycles. The molecule has 15 heavy (non-hydrogen) atoms. The van der Waals surface area contributed by atoms with Crippen molar-refractivity contribution in [3.63, 3.8) is 0 Å². The van der Waals surface area contributed by atoms with E-state index in [0.717, 1.165) is 18.0 Å². The minimum absolute atomic E-state index is 0.810. The molecule has 2 unspecified atom stereocenters. The van der Waals surface area contributed by atoms with E-state index in [1.54, 1.807) is 0 Å². The van der Waals surface area contributed by atoms with E-state index in [0.29, 0.717) is 0 Å². The molecule has 1 saturated carbocycles. The van der Waals surface area contributed by atoms with E-state index in [1.807, 2.05) is 0 Å². The molecule has 2 atom stereocenters. The topological polar surface area (TPSA) is 15.3 Å². The van der Waals surface area contributed by atoms with Crippen LogP contribution >= 0.6 is 0 Å². The highest BCUT2D eigenvalue weighted by Crippen LogP contribution is 2.33. The van der Waals surface area contributed by atoms with E-state index in [-0.39, 0.29) is 0 Å². The summed E-state index contributed by atoms with van der Waals surface area (Å²) in [5.41, 5.74) is 0. The number of likely N-dealkylation sites (tertiary alicyclic amines) is 1. The zero-order chi connectivity index (χ0) is 10.7. The van der Waals surface area contributed by atoms with Gasteiger partial charge in [-0.15, -0.1) is 0 Å². The Morgan fingerprint density at radius 1 is 1.27 bits per heavy atom. The first kappa shape index (κ1) is 11.4. The minimum Gasteiger partial charge on any atom is -0.318 e. The quantitative estimate of drug-likeness (QED) is 0.749. The molecule has 0 amide bonds. The normalized spacial score (nSPS) is 30.4. The van der Waals surface area contributed by atoms with Crippen LogP contribution in [0.25, 0.3) is 0 Å². The summed E-state index contributed by atoms with van der Waals surface area (Å²) in [6.45, 7) is 4.95. The van der Waals surface area contributed by atoms with Crippen molar-refractivity contribution in [1.29, 1.82) is 0 Å². The highest BCUT2D eigenvalue weighted by atomic mass is 15.2. The van der Waals surface area contributed by atoms with Crippen LogP contribution in [-0.2, 0) is 0 Å². The lowest BCUT2D eigenvalue weighted by atomic mass is 9.81. The highest BCUT2D eigenvalue weighted by molar-refractivity contribution is 4.86. The lowest BCUT2D eigenvalue weighted by molar-refractivity contribution is 0.142. The molecule has 2 aliphatic rings.